The van der Waals surface area contributed by atoms with E-state index in [-0.39, 0.29) is 12.0 Å². The van der Waals surface area contributed by atoms with E-state index in [0.717, 1.165) is 5.56 Å². The number of ether oxygens (including phenoxy) is 1. The van der Waals surface area contributed by atoms with Crippen molar-refractivity contribution in [2.24, 2.45) is 0 Å². The second-order valence-electron chi connectivity index (χ2n) is 5.66. The van der Waals surface area contributed by atoms with Crippen LogP contribution in [0.25, 0.3) is 0 Å². The van der Waals surface area contributed by atoms with Crippen LogP contribution in [-0.2, 0) is 9.53 Å². The van der Waals surface area contributed by atoms with Crippen molar-refractivity contribution in [3.63, 3.8) is 0 Å². The van der Waals surface area contributed by atoms with E-state index in [4.69, 9.17) is 4.74 Å². The van der Waals surface area contributed by atoms with Crippen molar-refractivity contribution in [2.75, 3.05) is 25.4 Å². The quantitative estimate of drug-likeness (QED) is 0.802. The highest BCUT2D eigenvalue weighted by Crippen LogP contribution is 2.25. The Labute approximate surface area is 141 Å². The molecule has 0 aliphatic carbocycles. The smallest absolute Gasteiger partial charge is 0.233 e. The number of benzene rings is 2. The number of thioether (sulfide) groups is 1. The first-order chi connectivity index (χ1) is 11.2. The van der Waals surface area contributed by atoms with Crippen molar-refractivity contribution in [3.8, 4) is 0 Å². The SMILES string of the molecule is Cc1ccccc1SCC(=O)N1CCOC(c2ccccc2)C1. The second kappa shape index (κ2) is 7.66. The number of morpholine rings is 1. The Hall–Kier alpha value is -1.78. The molecule has 1 heterocycles. The molecule has 1 fully saturated rings. The molecule has 1 atom stereocenters. The standard InChI is InChI=1S/C19H21NO2S/c1-15-7-5-6-10-18(15)23-14-19(21)20-11-12-22-17(13-20)16-8-3-2-4-9-16/h2-10,17H,11-14H2,1H3. The second-order valence-corrected chi connectivity index (χ2v) is 6.68. The van der Waals surface area contributed by atoms with Gasteiger partial charge in [0.2, 0.25) is 5.91 Å². The lowest BCUT2D eigenvalue weighted by atomic mass is 10.1. The lowest BCUT2D eigenvalue weighted by Gasteiger charge is -2.33. The summed E-state index contributed by atoms with van der Waals surface area (Å²) in [5.41, 5.74) is 2.35. The van der Waals surface area contributed by atoms with Gasteiger partial charge in [-0.15, -0.1) is 11.8 Å². The Balaban J connectivity index is 1.58. The first kappa shape index (κ1) is 16.1. The van der Waals surface area contributed by atoms with Gasteiger partial charge in [0, 0.05) is 11.4 Å². The summed E-state index contributed by atoms with van der Waals surface area (Å²) in [6.45, 7) is 3.99. The van der Waals surface area contributed by atoms with E-state index in [1.54, 1.807) is 11.8 Å². The Morgan fingerprint density at radius 2 is 1.91 bits per heavy atom. The molecule has 0 spiro atoms. The number of nitrogens with zero attached hydrogens (tertiary/aromatic N) is 1. The summed E-state index contributed by atoms with van der Waals surface area (Å²) in [4.78, 5) is 15.6. The van der Waals surface area contributed by atoms with Crippen molar-refractivity contribution in [3.05, 3.63) is 65.7 Å². The molecule has 23 heavy (non-hydrogen) atoms. The highest BCUT2D eigenvalue weighted by molar-refractivity contribution is 8.00. The molecule has 2 aromatic carbocycles. The minimum Gasteiger partial charge on any atom is -0.370 e. The lowest BCUT2D eigenvalue weighted by molar-refractivity contribution is -0.136. The fourth-order valence-corrected chi connectivity index (χ4v) is 3.63. The molecule has 1 saturated heterocycles. The van der Waals surface area contributed by atoms with E-state index < -0.39 is 0 Å². The van der Waals surface area contributed by atoms with Crippen molar-refractivity contribution in [1.29, 1.82) is 0 Å². The highest BCUT2D eigenvalue weighted by Gasteiger charge is 2.25. The van der Waals surface area contributed by atoms with Crippen molar-refractivity contribution in [2.45, 2.75) is 17.9 Å². The molecule has 1 unspecified atom stereocenters. The molecular formula is C19H21NO2S. The van der Waals surface area contributed by atoms with Crippen LogP contribution >= 0.6 is 11.8 Å². The molecule has 0 aromatic heterocycles. The molecule has 1 amide bonds. The maximum absolute atomic E-state index is 12.5. The van der Waals surface area contributed by atoms with E-state index in [0.29, 0.717) is 25.4 Å². The number of carbonyl (C=O) groups excluding carboxylic acids is 1. The fraction of sp³-hybridized carbons (Fsp3) is 0.316. The largest absolute Gasteiger partial charge is 0.370 e. The molecule has 1 aliphatic heterocycles. The number of aryl methyl sites for hydroxylation is 1. The molecule has 2 aromatic rings. The number of carbonyl (C=O) groups is 1. The Bertz CT molecular complexity index is 659. The zero-order valence-corrected chi connectivity index (χ0v) is 14.1. The normalized spacial score (nSPS) is 18.0. The van der Waals surface area contributed by atoms with E-state index in [1.807, 2.05) is 35.2 Å². The van der Waals surface area contributed by atoms with E-state index in [9.17, 15) is 4.79 Å². The average molecular weight is 327 g/mol. The number of rotatable bonds is 4. The van der Waals surface area contributed by atoms with E-state index in [1.165, 1.54) is 10.5 Å². The molecule has 0 saturated carbocycles. The van der Waals surface area contributed by atoms with Gasteiger partial charge in [-0.05, 0) is 24.1 Å². The third-order valence-electron chi connectivity index (χ3n) is 4.04. The molecule has 0 bridgehead atoms. The van der Waals surface area contributed by atoms with Crippen LogP contribution in [0.4, 0.5) is 0 Å². The predicted octanol–water partition coefficient (Wildman–Crippen LogP) is 3.69. The van der Waals surface area contributed by atoms with Gasteiger partial charge in [0.1, 0.15) is 6.10 Å². The predicted molar refractivity (Wildman–Crippen MR) is 93.6 cm³/mol. The fourth-order valence-electron chi connectivity index (χ4n) is 2.69. The van der Waals surface area contributed by atoms with Gasteiger partial charge in [-0.25, -0.2) is 0 Å². The van der Waals surface area contributed by atoms with E-state index >= 15 is 0 Å². The minimum atomic E-state index is -0.0163. The Kier molecular flexibility index (Phi) is 5.36. The van der Waals surface area contributed by atoms with Crippen molar-refractivity contribution >= 4 is 17.7 Å². The molecule has 0 radical (unpaired) electrons. The van der Waals surface area contributed by atoms with Crippen LogP contribution in [-0.4, -0.2) is 36.3 Å². The van der Waals surface area contributed by atoms with Gasteiger partial charge in [-0.2, -0.15) is 0 Å². The van der Waals surface area contributed by atoms with Gasteiger partial charge in [-0.3, -0.25) is 4.79 Å². The van der Waals surface area contributed by atoms with E-state index in [2.05, 4.69) is 31.2 Å². The van der Waals surface area contributed by atoms with Crippen molar-refractivity contribution in [1.82, 2.24) is 4.90 Å². The summed E-state index contributed by atoms with van der Waals surface area (Å²) in [5, 5.41) is 0. The molecule has 0 N–H and O–H groups in total. The summed E-state index contributed by atoms with van der Waals surface area (Å²) < 4.78 is 5.83. The maximum Gasteiger partial charge on any atom is 0.233 e. The molecule has 3 nitrogen and oxygen atoms in total. The Morgan fingerprint density at radius 3 is 2.70 bits per heavy atom. The van der Waals surface area contributed by atoms with Crippen LogP contribution < -0.4 is 0 Å². The van der Waals surface area contributed by atoms with Gasteiger partial charge in [-0.1, -0.05) is 48.5 Å². The third-order valence-corrected chi connectivity index (χ3v) is 5.20. The summed E-state index contributed by atoms with van der Waals surface area (Å²) in [6, 6.07) is 18.3. The topological polar surface area (TPSA) is 29.5 Å². The summed E-state index contributed by atoms with van der Waals surface area (Å²) in [7, 11) is 0. The molecular weight excluding hydrogens is 306 g/mol. The maximum atomic E-state index is 12.5. The van der Waals surface area contributed by atoms with Gasteiger partial charge in [0.25, 0.3) is 0 Å². The van der Waals surface area contributed by atoms with Crippen LogP contribution in [0.1, 0.15) is 17.2 Å². The number of amides is 1. The monoisotopic (exact) mass is 327 g/mol. The summed E-state index contributed by atoms with van der Waals surface area (Å²) >= 11 is 1.61. The molecule has 120 valence electrons. The first-order valence-electron chi connectivity index (χ1n) is 7.87. The van der Waals surface area contributed by atoms with Gasteiger partial charge in [0.05, 0.1) is 18.9 Å². The van der Waals surface area contributed by atoms with Crippen LogP contribution in [0.2, 0.25) is 0 Å². The third kappa shape index (κ3) is 4.15. The van der Waals surface area contributed by atoms with Crippen LogP contribution in [0.15, 0.2) is 59.5 Å². The average Bonchev–Trinajstić information content (AvgIpc) is 2.62. The highest BCUT2D eigenvalue weighted by atomic mass is 32.2. The number of hydrogen-bond donors (Lipinski definition) is 0. The molecule has 3 rings (SSSR count). The van der Waals surface area contributed by atoms with Crippen LogP contribution in [0.3, 0.4) is 0 Å². The lowest BCUT2D eigenvalue weighted by Crippen LogP contribution is -2.43. The summed E-state index contributed by atoms with van der Waals surface area (Å²) in [6.07, 6.45) is -0.0163. The summed E-state index contributed by atoms with van der Waals surface area (Å²) in [5.74, 6) is 0.661. The molecule has 4 heteroatoms. The van der Waals surface area contributed by atoms with Gasteiger partial charge in [0.15, 0.2) is 0 Å². The zero-order valence-electron chi connectivity index (χ0n) is 13.3. The Morgan fingerprint density at radius 1 is 1.17 bits per heavy atom. The van der Waals surface area contributed by atoms with Crippen molar-refractivity contribution < 1.29 is 9.53 Å². The van der Waals surface area contributed by atoms with Gasteiger partial charge < -0.3 is 9.64 Å². The van der Waals surface area contributed by atoms with Crippen LogP contribution in [0.5, 0.6) is 0 Å². The minimum absolute atomic E-state index is 0.0163. The number of hydrogen-bond acceptors (Lipinski definition) is 3. The zero-order chi connectivity index (χ0) is 16.1. The first-order valence-corrected chi connectivity index (χ1v) is 8.85. The van der Waals surface area contributed by atoms with Gasteiger partial charge >= 0.3 is 0 Å². The molecule has 1 aliphatic rings. The van der Waals surface area contributed by atoms with Crippen LogP contribution in [0, 0.1) is 6.92 Å².